The Kier molecular flexibility index (Phi) is 7.15. The van der Waals surface area contributed by atoms with E-state index in [2.05, 4.69) is 18.6 Å². The maximum absolute atomic E-state index is 12.8. The Morgan fingerprint density at radius 1 is 1.19 bits per heavy atom. The van der Waals surface area contributed by atoms with Crippen LogP contribution in [0.5, 0.6) is 0 Å². The summed E-state index contributed by atoms with van der Waals surface area (Å²) in [5, 5.41) is 0. The molecule has 1 amide bonds. The quantitative estimate of drug-likeness (QED) is 0.677. The number of carbonyl (C=O) groups excluding carboxylic acids is 2. The summed E-state index contributed by atoms with van der Waals surface area (Å²) in [4.78, 5) is 25.9. The van der Waals surface area contributed by atoms with Crippen molar-refractivity contribution in [1.82, 2.24) is 4.90 Å². The third-order valence-electron chi connectivity index (χ3n) is 4.50. The van der Waals surface area contributed by atoms with Crippen molar-refractivity contribution in [3.05, 3.63) is 0 Å². The van der Waals surface area contributed by atoms with Gasteiger partial charge < -0.3 is 14.4 Å². The van der Waals surface area contributed by atoms with Gasteiger partial charge in [0.2, 0.25) is 5.91 Å². The fourth-order valence-corrected chi connectivity index (χ4v) is 3.03. The molecular weight excluding hydrogens is 270 g/mol. The van der Waals surface area contributed by atoms with Crippen LogP contribution < -0.4 is 0 Å². The standard InChI is InChI=1S/C16H29NO4/c1-16(2)9-6-5-7-13(16)15(19)17(11-12-20-3)10-8-14(18)21-4/h13H,5-12H2,1-4H3. The van der Waals surface area contributed by atoms with E-state index >= 15 is 0 Å². The minimum atomic E-state index is -0.284. The Morgan fingerprint density at radius 3 is 2.48 bits per heavy atom. The van der Waals surface area contributed by atoms with E-state index in [1.54, 1.807) is 12.0 Å². The van der Waals surface area contributed by atoms with Crippen LogP contribution in [0.25, 0.3) is 0 Å². The lowest BCUT2D eigenvalue weighted by molar-refractivity contribution is -0.145. The van der Waals surface area contributed by atoms with Crippen molar-refractivity contribution in [1.29, 1.82) is 0 Å². The molecule has 0 heterocycles. The van der Waals surface area contributed by atoms with Crippen LogP contribution in [0.4, 0.5) is 0 Å². The van der Waals surface area contributed by atoms with Crippen LogP contribution >= 0.6 is 0 Å². The largest absolute Gasteiger partial charge is 0.469 e. The zero-order chi connectivity index (χ0) is 15.9. The van der Waals surface area contributed by atoms with Gasteiger partial charge in [0, 0.05) is 26.1 Å². The molecule has 0 bridgehead atoms. The minimum Gasteiger partial charge on any atom is -0.469 e. The van der Waals surface area contributed by atoms with Gasteiger partial charge in [-0.15, -0.1) is 0 Å². The van der Waals surface area contributed by atoms with Gasteiger partial charge in [0.25, 0.3) is 0 Å². The number of amides is 1. The van der Waals surface area contributed by atoms with Crippen molar-refractivity contribution >= 4 is 11.9 Å². The monoisotopic (exact) mass is 299 g/mol. The van der Waals surface area contributed by atoms with Gasteiger partial charge in [-0.05, 0) is 18.3 Å². The molecule has 0 aliphatic heterocycles. The topological polar surface area (TPSA) is 55.8 Å². The average molecular weight is 299 g/mol. The highest BCUT2D eigenvalue weighted by atomic mass is 16.5. The van der Waals surface area contributed by atoms with Gasteiger partial charge in [0.05, 0.1) is 20.1 Å². The zero-order valence-electron chi connectivity index (χ0n) is 13.8. The molecule has 1 saturated carbocycles. The predicted molar refractivity (Wildman–Crippen MR) is 80.8 cm³/mol. The van der Waals surface area contributed by atoms with E-state index in [0.717, 1.165) is 19.3 Å². The smallest absolute Gasteiger partial charge is 0.307 e. The number of nitrogens with zero attached hydrogens (tertiary/aromatic N) is 1. The highest BCUT2D eigenvalue weighted by molar-refractivity contribution is 5.80. The lowest BCUT2D eigenvalue weighted by Gasteiger charge is -2.40. The molecular formula is C16H29NO4. The fraction of sp³-hybridized carbons (Fsp3) is 0.875. The maximum Gasteiger partial charge on any atom is 0.307 e. The molecule has 0 aromatic heterocycles. The van der Waals surface area contributed by atoms with Gasteiger partial charge in [0.1, 0.15) is 0 Å². The third-order valence-corrected chi connectivity index (χ3v) is 4.50. The number of ether oxygens (including phenoxy) is 2. The van der Waals surface area contributed by atoms with Gasteiger partial charge in [0.15, 0.2) is 0 Å². The normalized spacial score (nSPS) is 20.9. The minimum absolute atomic E-state index is 0.0337. The van der Waals surface area contributed by atoms with E-state index in [1.165, 1.54) is 13.5 Å². The molecule has 0 N–H and O–H groups in total. The van der Waals surface area contributed by atoms with E-state index in [-0.39, 0.29) is 29.6 Å². The van der Waals surface area contributed by atoms with Crippen molar-refractivity contribution in [2.24, 2.45) is 11.3 Å². The Balaban J connectivity index is 2.70. The summed E-state index contributed by atoms with van der Waals surface area (Å²) in [6.45, 7) is 5.76. The predicted octanol–water partition coefficient (Wildman–Crippen LogP) is 2.24. The van der Waals surface area contributed by atoms with E-state index in [4.69, 9.17) is 4.74 Å². The number of rotatable bonds is 7. The van der Waals surface area contributed by atoms with Crippen molar-refractivity contribution in [3.63, 3.8) is 0 Å². The summed E-state index contributed by atoms with van der Waals surface area (Å²) in [6, 6.07) is 0. The molecule has 0 saturated heterocycles. The summed E-state index contributed by atoms with van der Waals surface area (Å²) >= 11 is 0. The van der Waals surface area contributed by atoms with Crippen LogP contribution in [0.1, 0.15) is 46.0 Å². The molecule has 0 aromatic rings. The molecule has 122 valence electrons. The number of carbonyl (C=O) groups is 2. The molecule has 0 spiro atoms. The van der Waals surface area contributed by atoms with E-state index in [9.17, 15) is 9.59 Å². The van der Waals surface area contributed by atoms with E-state index in [0.29, 0.717) is 19.7 Å². The second-order valence-corrected chi connectivity index (χ2v) is 6.43. The molecule has 1 unspecified atom stereocenters. The van der Waals surface area contributed by atoms with Gasteiger partial charge >= 0.3 is 5.97 Å². The second-order valence-electron chi connectivity index (χ2n) is 6.43. The molecule has 5 nitrogen and oxygen atoms in total. The summed E-state index contributed by atoms with van der Waals surface area (Å²) in [5.74, 6) is -0.0884. The van der Waals surface area contributed by atoms with Gasteiger partial charge in [-0.1, -0.05) is 26.7 Å². The number of methoxy groups -OCH3 is 2. The van der Waals surface area contributed by atoms with Crippen LogP contribution in [0, 0.1) is 11.3 Å². The highest BCUT2D eigenvalue weighted by Gasteiger charge is 2.39. The van der Waals surface area contributed by atoms with Crippen molar-refractivity contribution < 1.29 is 19.1 Å². The number of esters is 1. The summed E-state index contributed by atoms with van der Waals surface area (Å²) in [5.41, 5.74) is 0.0337. The Labute approximate surface area is 128 Å². The molecule has 1 atom stereocenters. The fourth-order valence-electron chi connectivity index (χ4n) is 3.03. The lowest BCUT2D eigenvalue weighted by Crippen LogP contribution is -2.45. The van der Waals surface area contributed by atoms with Crippen molar-refractivity contribution in [2.45, 2.75) is 46.0 Å². The van der Waals surface area contributed by atoms with Gasteiger partial charge in [-0.3, -0.25) is 9.59 Å². The molecule has 1 rings (SSSR count). The molecule has 0 aromatic carbocycles. The van der Waals surface area contributed by atoms with Crippen LogP contribution in [0.2, 0.25) is 0 Å². The molecule has 21 heavy (non-hydrogen) atoms. The van der Waals surface area contributed by atoms with Crippen LogP contribution in [-0.2, 0) is 19.1 Å². The highest BCUT2D eigenvalue weighted by Crippen LogP contribution is 2.41. The summed E-state index contributed by atoms with van der Waals surface area (Å²) in [6.07, 6.45) is 4.55. The van der Waals surface area contributed by atoms with Crippen molar-refractivity contribution in [2.75, 3.05) is 33.9 Å². The summed E-state index contributed by atoms with van der Waals surface area (Å²) < 4.78 is 9.75. The maximum atomic E-state index is 12.8. The zero-order valence-corrected chi connectivity index (χ0v) is 13.8. The van der Waals surface area contributed by atoms with Crippen LogP contribution in [0.15, 0.2) is 0 Å². The average Bonchev–Trinajstić information content (AvgIpc) is 2.46. The first-order valence-corrected chi connectivity index (χ1v) is 7.77. The third kappa shape index (κ3) is 5.30. The first kappa shape index (κ1) is 18.0. The first-order chi connectivity index (χ1) is 9.92. The Bertz CT molecular complexity index is 354. The first-order valence-electron chi connectivity index (χ1n) is 7.77. The molecule has 0 radical (unpaired) electrons. The van der Waals surface area contributed by atoms with E-state index in [1.807, 2.05) is 0 Å². The van der Waals surface area contributed by atoms with E-state index < -0.39 is 0 Å². The van der Waals surface area contributed by atoms with Crippen molar-refractivity contribution in [3.8, 4) is 0 Å². The second kappa shape index (κ2) is 8.37. The van der Waals surface area contributed by atoms with Gasteiger partial charge in [-0.25, -0.2) is 0 Å². The summed E-state index contributed by atoms with van der Waals surface area (Å²) in [7, 11) is 2.99. The van der Waals surface area contributed by atoms with Crippen LogP contribution in [-0.4, -0.2) is 50.7 Å². The molecule has 1 aliphatic rings. The SMILES string of the molecule is COCCN(CCC(=O)OC)C(=O)C1CCCCC1(C)C. The van der Waals surface area contributed by atoms with Crippen LogP contribution in [0.3, 0.4) is 0 Å². The number of hydrogen-bond acceptors (Lipinski definition) is 4. The molecule has 1 aliphatic carbocycles. The van der Waals surface area contributed by atoms with Gasteiger partial charge in [-0.2, -0.15) is 0 Å². The number of hydrogen-bond donors (Lipinski definition) is 0. The molecule has 1 fully saturated rings. The molecule has 5 heteroatoms. The Hall–Kier alpha value is -1.10. The Morgan fingerprint density at radius 2 is 1.90 bits per heavy atom. The lowest BCUT2D eigenvalue weighted by atomic mass is 9.68.